The number of rotatable bonds is 6. The predicted molar refractivity (Wildman–Crippen MR) is 109 cm³/mol. The maximum Gasteiger partial charge on any atom is 0.378 e. The molecule has 0 radical (unpaired) electrons. The van der Waals surface area contributed by atoms with Gasteiger partial charge >= 0.3 is 16.0 Å². The van der Waals surface area contributed by atoms with Crippen LogP contribution in [0.15, 0.2) is 59.5 Å². The Kier molecular flexibility index (Phi) is 6.83. The summed E-state index contributed by atoms with van der Waals surface area (Å²) in [4.78, 5) is 14.9. The molecule has 0 bridgehead atoms. The van der Waals surface area contributed by atoms with Crippen LogP contribution in [0.3, 0.4) is 0 Å². The summed E-state index contributed by atoms with van der Waals surface area (Å²) in [7, 11) is -1.20. The maximum atomic E-state index is 13.4. The SMILES string of the molecule is C[O+]=S(=O)(c1ccc(C)cc1)N1CCN(CCOC(=O)c2ccccc2)CC1. The summed E-state index contributed by atoms with van der Waals surface area (Å²) < 4.78 is 26.1. The van der Waals surface area contributed by atoms with E-state index in [-0.39, 0.29) is 5.97 Å². The number of carbonyl (C=O) groups is 1. The van der Waals surface area contributed by atoms with E-state index in [0.717, 1.165) is 18.7 Å². The normalized spacial score (nSPS) is 17.6. The summed E-state index contributed by atoms with van der Waals surface area (Å²) in [6.45, 7) is 5.75. The molecular formula is C21H27N2O4S+. The number of nitrogens with zero attached hydrogens (tertiary/aromatic N) is 2. The van der Waals surface area contributed by atoms with E-state index >= 15 is 0 Å². The summed E-state index contributed by atoms with van der Waals surface area (Å²) in [5.74, 6) is -0.305. The number of benzene rings is 2. The van der Waals surface area contributed by atoms with Gasteiger partial charge in [-0.1, -0.05) is 35.9 Å². The Morgan fingerprint density at radius 3 is 2.29 bits per heavy atom. The summed E-state index contributed by atoms with van der Waals surface area (Å²) in [5, 5.41) is 0. The third-order valence-electron chi connectivity index (χ3n) is 4.87. The molecule has 1 heterocycles. The molecule has 0 spiro atoms. The topological polar surface area (TPSA) is 61.1 Å². The van der Waals surface area contributed by atoms with Crippen LogP contribution >= 0.6 is 0 Å². The zero-order valence-electron chi connectivity index (χ0n) is 16.4. The molecule has 2 aromatic rings. The van der Waals surface area contributed by atoms with Crippen LogP contribution < -0.4 is 0 Å². The number of esters is 1. The van der Waals surface area contributed by atoms with Crippen molar-refractivity contribution in [3.8, 4) is 0 Å². The Morgan fingerprint density at radius 2 is 1.68 bits per heavy atom. The number of ether oxygens (including phenoxy) is 1. The van der Waals surface area contributed by atoms with E-state index in [1.165, 1.54) is 7.11 Å². The first-order valence-electron chi connectivity index (χ1n) is 9.39. The van der Waals surface area contributed by atoms with Crippen LogP contribution in [0, 0.1) is 6.92 Å². The van der Waals surface area contributed by atoms with E-state index in [0.29, 0.717) is 36.7 Å². The second-order valence-corrected chi connectivity index (χ2v) is 9.00. The van der Waals surface area contributed by atoms with Crippen LogP contribution in [0.5, 0.6) is 0 Å². The van der Waals surface area contributed by atoms with Crippen molar-refractivity contribution in [1.29, 1.82) is 0 Å². The molecule has 2 aromatic carbocycles. The summed E-state index contributed by atoms with van der Waals surface area (Å²) >= 11 is 0. The molecule has 0 aliphatic carbocycles. The number of hydrogen-bond donors (Lipinski definition) is 0. The van der Waals surface area contributed by atoms with Gasteiger partial charge in [0.15, 0.2) is 0 Å². The van der Waals surface area contributed by atoms with Gasteiger partial charge in [-0.2, -0.15) is 12.4 Å². The first-order valence-corrected chi connectivity index (χ1v) is 10.8. The Hall–Kier alpha value is -2.22. The smallest absolute Gasteiger partial charge is 0.378 e. The molecule has 1 saturated heterocycles. The number of carbonyl (C=O) groups excluding carboxylic acids is 1. The monoisotopic (exact) mass is 403 g/mol. The van der Waals surface area contributed by atoms with E-state index in [1.54, 1.807) is 12.1 Å². The van der Waals surface area contributed by atoms with Crippen molar-refractivity contribution in [1.82, 2.24) is 9.21 Å². The van der Waals surface area contributed by atoms with Crippen molar-refractivity contribution in [3.63, 3.8) is 0 Å². The lowest BCUT2D eigenvalue weighted by molar-refractivity contribution is 0.0443. The highest BCUT2D eigenvalue weighted by molar-refractivity contribution is 7.89. The van der Waals surface area contributed by atoms with Crippen LogP contribution in [-0.2, 0) is 18.6 Å². The minimum absolute atomic E-state index is 0.305. The van der Waals surface area contributed by atoms with Gasteiger partial charge in [0, 0.05) is 32.7 Å². The van der Waals surface area contributed by atoms with E-state index in [1.807, 2.05) is 53.7 Å². The Bertz CT molecular complexity index is 898. The molecule has 0 N–H and O–H groups in total. The largest absolute Gasteiger partial charge is 0.461 e. The van der Waals surface area contributed by atoms with Crippen molar-refractivity contribution >= 4 is 16.0 Å². The van der Waals surface area contributed by atoms with Gasteiger partial charge in [0.05, 0.1) is 5.56 Å². The molecule has 6 nitrogen and oxygen atoms in total. The first-order chi connectivity index (χ1) is 13.5. The molecule has 1 unspecified atom stereocenters. The Morgan fingerprint density at radius 1 is 1.04 bits per heavy atom. The van der Waals surface area contributed by atoms with Crippen molar-refractivity contribution in [3.05, 3.63) is 65.7 Å². The zero-order chi connectivity index (χ0) is 20.0. The van der Waals surface area contributed by atoms with Crippen molar-refractivity contribution < 1.29 is 17.6 Å². The quantitative estimate of drug-likeness (QED) is 0.549. The summed E-state index contributed by atoms with van der Waals surface area (Å²) in [6, 6.07) is 16.6. The Labute approximate surface area is 167 Å². The van der Waals surface area contributed by atoms with Gasteiger partial charge in [0.25, 0.3) is 7.11 Å². The standard InChI is InChI=1S/C21H27N2O4S/c1-18-8-10-20(11-9-18)28(25,26-2)23-14-12-22(13-15-23)16-17-27-21(24)19-6-4-3-5-7-19/h3-11H,12-17H2,1-2H3/q+1. The van der Waals surface area contributed by atoms with Crippen LogP contribution in [0.2, 0.25) is 0 Å². The second kappa shape index (κ2) is 9.32. The minimum Gasteiger partial charge on any atom is -0.461 e. The van der Waals surface area contributed by atoms with Crippen molar-refractivity contribution in [2.24, 2.45) is 0 Å². The molecule has 1 fully saturated rings. The molecule has 0 aromatic heterocycles. The molecule has 3 rings (SSSR count). The molecule has 0 saturated carbocycles. The highest BCUT2D eigenvalue weighted by atomic mass is 32.2. The maximum absolute atomic E-state index is 13.4. The second-order valence-electron chi connectivity index (χ2n) is 6.73. The Balaban J connectivity index is 1.50. The molecule has 150 valence electrons. The van der Waals surface area contributed by atoms with Crippen LogP contribution in [-0.4, -0.2) is 65.8 Å². The zero-order valence-corrected chi connectivity index (χ0v) is 17.2. The van der Waals surface area contributed by atoms with E-state index in [2.05, 4.69) is 4.90 Å². The van der Waals surface area contributed by atoms with Crippen LogP contribution in [0.1, 0.15) is 15.9 Å². The number of aryl methyl sites for hydroxylation is 1. The fourth-order valence-electron chi connectivity index (χ4n) is 3.18. The fraction of sp³-hybridized carbons (Fsp3) is 0.381. The third-order valence-corrected chi connectivity index (χ3v) is 7.23. The van der Waals surface area contributed by atoms with Crippen LogP contribution in [0.25, 0.3) is 0 Å². The molecule has 28 heavy (non-hydrogen) atoms. The molecule has 1 aliphatic rings. The van der Waals surface area contributed by atoms with Gasteiger partial charge < -0.3 is 4.74 Å². The average Bonchev–Trinajstić information content (AvgIpc) is 2.74. The van der Waals surface area contributed by atoms with Gasteiger partial charge in [0.2, 0.25) is 0 Å². The lowest BCUT2D eigenvalue weighted by Crippen LogP contribution is -2.49. The third kappa shape index (κ3) is 4.79. The summed E-state index contributed by atoms with van der Waals surface area (Å²) in [5.41, 5.74) is 1.68. The number of piperazine rings is 1. The first kappa shape index (κ1) is 20.5. The van der Waals surface area contributed by atoms with Gasteiger partial charge in [-0.05, 0) is 31.2 Å². The number of hydrogen-bond acceptors (Lipinski definition) is 4. The molecule has 7 heteroatoms. The highest BCUT2D eigenvalue weighted by Gasteiger charge is 2.34. The minimum atomic E-state index is -2.70. The van der Waals surface area contributed by atoms with Gasteiger partial charge in [-0.25, -0.2) is 4.79 Å². The van der Waals surface area contributed by atoms with Gasteiger partial charge in [0.1, 0.15) is 11.5 Å². The van der Waals surface area contributed by atoms with E-state index in [4.69, 9.17) is 8.58 Å². The van der Waals surface area contributed by atoms with Crippen LogP contribution in [0.4, 0.5) is 0 Å². The molecule has 1 aliphatic heterocycles. The van der Waals surface area contributed by atoms with Gasteiger partial charge in [-0.3, -0.25) is 4.90 Å². The van der Waals surface area contributed by atoms with Gasteiger partial charge in [-0.15, -0.1) is 0 Å². The van der Waals surface area contributed by atoms with Crippen molar-refractivity contribution in [2.75, 3.05) is 46.4 Å². The molecule has 0 amide bonds. The average molecular weight is 404 g/mol. The molecule has 1 atom stereocenters. The molecular weight excluding hydrogens is 376 g/mol. The highest BCUT2D eigenvalue weighted by Crippen LogP contribution is 2.19. The van der Waals surface area contributed by atoms with Crippen molar-refractivity contribution in [2.45, 2.75) is 11.8 Å². The summed E-state index contributed by atoms with van der Waals surface area (Å²) in [6.07, 6.45) is 0. The fourth-order valence-corrected chi connectivity index (χ4v) is 5.00. The lowest BCUT2D eigenvalue weighted by Gasteiger charge is -2.32. The van der Waals surface area contributed by atoms with E-state index in [9.17, 15) is 9.00 Å². The lowest BCUT2D eigenvalue weighted by atomic mass is 10.2. The van der Waals surface area contributed by atoms with E-state index < -0.39 is 10.0 Å². The predicted octanol–water partition coefficient (Wildman–Crippen LogP) is 2.54.